The second-order valence-corrected chi connectivity index (χ2v) is 9.83. The Morgan fingerprint density at radius 2 is 1.89 bits per heavy atom. The minimum Gasteiger partial charge on any atom is -0.366 e. The highest BCUT2D eigenvalue weighted by molar-refractivity contribution is 5.84. The summed E-state index contributed by atoms with van der Waals surface area (Å²) in [5.74, 6) is 2.49. The van der Waals surface area contributed by atoms with Crippen LogP contribution in [0.3, 0.4) is 0 Å². The van der Waals surface area contributed by atoms with E-state index >= 15 is 4.39 Å². The molecule has 0 aromatic carbocycles. The van der Waals surface area contributed by atoms with Crippen LogP contribution in [0.15, 0.2) is 51.4 Å². The Kier molecular flexibility index (Phi) is 6.42. The van der Waals surface area contributed by atoms with Crippen LogP contribution in [0.25, 0.3) is 0 Å². The number of nitrogens with one attached hydrogen (secondary N) is 2. The third kappa shape index (κ3) is 4.48. The number of anilines is 2. The van der Waals surface area contributed by atoms with E-state index in [0.29, 0.717) is 17.2 Å². The van der Waals surface area contributed by atoms with Crippen molar-refractivity contribution in [2.24, 2.45) is 21.8 Å². The third-order valence-corrected chi connectivity index (χ3v) is 7.29. The number of halogens is 2. The first-order valence-electron chi connectivity index (χ1n) is 12.3. The summed E-state index contributed by atoms with van der Waals surface area (Å²) in [4.78, 5) is 21.9. The van der Waals surface area contributed by atoms with Crippen molar-refractivity contribution in [1.29, 1.82) is 0 Å². The summed E-state index contributed by atoms with van der Waals surface area (Å²) in [5, 5.41) is 6.45. The summed E-state index contributed by atoms with van der Waals surface area (Å²) >= 11 is 0. The Balaban J connectivity index is 1.34. The fraction of sp³-hybridized carbons (Fsp3) is 0.560. The van der Waals surface area contributed by atoms with Crippen molar-refractivity contribution in [2.75, 3.05) is 36.4 Å². The Hall–Kier alpha value is -3.10. The zero-order chi connectivity index (χ0) is 24.7. The van der Waals surface area contributed by atoms with E-state index in [-0.39, 0.29) is 36.2 Å². The average molecular weight is 483 g/mol. The molecule has 35 heavy (non-hydrogen) atoms. The van der Waals surface area contributed by atoms with Gasteiger partial charge in [-0.15, -0.1) is 0 Å². The molecule has 10 heteroatoms. The predicted molar refractivity (Wildman–Crippen MR) is 134 cm³/mol. The molecule has 0 spiro atoms. The number of hydrogen-bond donors (Lipinski definition) is 2. The van der Waals surface area contributed by atoms with Crippen molar-refractivity contribution in [2.45, 2.75) is 52.4 Å². The summed E-state index contributed by atoms with van der Waals surface area (Å²) in [6.45, 7) is 11.8. The monoisotopic (exact) mass is 482 g/mol. The summed E-state index contributed by atoms with van der Waals surface area (Å²) < 4.78 is 30.2. The van der Waals surface area contributed by atoms with Gasteiger partial charge in [-0.1, -0.05) is 6.92 Å². The Morgan fingerprint density at radius 1 is 1.17 bits per heavy atom. The van der Waals surface area contributed by atoms with Gasteiger partial charge in [-0.3, -0.25) is 0 Å². The van der Waals surface area contributed by atoms with Gasteiger partial charge in [-0.25, -0.2) is 24.3 Å². The maximum Gasteiger partial charge on any atom is 0.224 e. The molecular weight excluding hydrogens is 450 g/mol. The number of amidine groups is 1. The second-order valence-electron chi connectivity index (χ2n) is 9.83. The number of hydrogen-bond acceptors (Lipinski definition) is 8. The van der Waals surface area contributed by atoms with Gasteiger partial charge < -0.3 is 20.4 Å². The lowest BCUT2D eigenvalue weighted by Gasteiger charge is -2.41. The van der Waals surface area contributed by atoms with E-state index in [1.165, 1.54) is 0 Å². The maximum atomic E-state index is 15.2. The van der Waals surface area contributed by atoms with Crippen LogP contribution in [0, 0.1) is 11.8 Å². The Bertz CT molecular complexity index is 1130. The van der Waals surface area contributed by atoms with Crippen molar-refractivity contribution in [3.63, 3.8) is 0 Å². The molecule has 1 saturated heterocycles. The van der Waals surface area contributed by atoms with Gasteiger partial charge in [0.25, 0.3) is 0 Å². The zero-order valence-corrected chi connectivity index (χ0v) is 20.6. The molecular formula is C25H32F2N8. The van der Waals surface area contributed by atoms with Gasteiger partial charge in [0, 0.05) is 50.1 Å². The number of allylic oxidation sites excluding steroid dienone is 3. The minimum absolute atomic E-state index is 0.0415. The van der Waals surface area contributed by atoms with Gasteiger partial charge in [-0.2, -0.15) is 4.39 Å². The topological polar surface area (TPSA) is 81.0 Å². The molecule has 0 saturated carbocycles. The molecule has 4 atom stereocenters. The summed E-state index contributed by atoms with van der Waals surface area (Å²) in [5.41, 5.74) is 1.87. The number of aromatic nitrogens is 2. The van der Waals surface area contributed by atoms with E-state index in [4.69, 9.17) is 0 Å². The SMILES string of the molecule is CC1=NC2=C(F)CC(C3=CC(Nc4ncc(N5CCNCC5)cn4)N=C=C3F)C(C)C2N1C(C)C. The predicted octanol–water partition coefficient (Wildman–Crippen LogP) is 3.44. The van der Waals surface area contributed by atoms with Crippen LogP contribution in [0.2, 0.25) is 0 Å². The molecule has 0 bridgehead atoms. The molecule has 8 nitrogen and oxygen atoms in total. The number of piperazine rings is 1. The number of rotatable bonds is 5. The first-order chi connectivity index (χ1) is 16.8. The van der Waals surface area contributed by atoms with Gasteiger partial charge in [0.15, 0.2) is 5.83 Å². The summed E-state index contributed by atoms with van der Waals surface area (Å²) in [6.07, 6.45) is 4.79. The van der Waals surface area contributed by atoms with Crippen molar-refractivity contribution in [1.82, 2.24) is 20.2 Å². The van der Waals surface area contributed by atoms with Gasteiger partial charge in [0.2, 0.25) is 5.95 Å². The van der Waals surface area contributed by atoms with Gasteiger partial charge in [-0.05, 0) is 38.7 Å². The number of aliphatic imine (C=N–C) groups is 2. The quantitative estimate of drug-likeness (QED) is 0.669. The van der Waals surface area contributed by atoms with Gasteiger partial charge in [0.1, 0.15) is 17.8 Å². The second kappa shape index (κ2) is 9.51. The highest BCUT2D eigenvalue weighted by atomic mass is 19.1. The molecule has 2 N–H and O–H groups in total. The smallest absolute Gasteiger partial charge is 0.224 e. The normalized spacial score (nSPS) is 28.7. The molecule has 0 radical (unpaired) electrons. The van der Waals surface area contributed by atoms with Crippen molar-refractivity contribution >= 4 is 23.3 Å². The van der Waals surface area contributed by atoms with Crippen LogP contribution >= 0.6 is 0 Å². The average Bonchev–Trinajstić information content (AvgIpc) is 3.22. The highest BCUT2D eigenvalue weighted by Crippen LogP contribution is 2.46. The van der Waals surface area contributed by atoms with E-state index in [1.54, 1.807) is 18.5 Å². The lowest BCUT2D eigenvalue weighted by molar-refractivity contribution is 0.182. The molecule has 1 fully saturated rings. The van der Waals surface area contributed by atoms with E-state index in [2.05, 4.69) is 60.1 Å². The molecule has 1 aromatic rings. The number of nitrogens with zero attached hydrogens (tertiary/aromatic N) is 6. The lowest BCUT2D eigenvalue weighted by atomic mass is 9.73. The largest absolute Gasteiger partial charge is 0.366 e. The molecule has 4 unspecified atom stereocenters. The van der Waals surface area contributed by atoms with E-state index in [9.17, 15) is 4.39 Å². The highest BCUT2D eigenvalue weighted by Gasteiger charge is 2.46. The van der Waals surface area contributed by atoms with Crippen LogP contribution < -0.4 is 15.5 Å². The molecule has 4 aliphatic rings. The van der Waals surface area contributed by atoms with Crippen molar-refractivity contribution < 1.29 is 8.78 Å². The number of fused-ring (bicyclic) bond motifs is 1. The van der Waals surface area contributed by atoms with Crippen LogP contribution in [-0.2, 0) is 0 Å². The molecule has 186 valence electrons. The van der Waals surface area contributed by atoms with Crippen LogP contribution in [0.1, 0.15) is 34.1 Å². The molecule has 1 aliphatic carbocycles. The fourth-order valence-electron chi connectivity index (χ4n) is 5.59. The zero-order valence-electron chi connectivity index (χ0n) is 20.6. The van der Waals surface area contributed by atoms with Crippen LogP contribution in [0.4, 0.5) is 20.4 Å². The third-order valence-electron chi connectivity index (χ3n) is 7.29. The van der Waals surface area contributed by atoms with E-state index in [1.807, 2.05) is 13.8 Å². The Labute approximate surface area is 204 Å². The maximum absolute atomic E-state index is 15.2. The van der Waals surface area contributed by atoms with E-state index < -0.39 is 12.0 Å². The fourth-order valence-corrected chi connectivity index (χ4v) is 5.59. The standard InChI is InChI=1S/C25H32F2N8/c1-14(2)35-16(4)32-23-20(26)9-18(15(3)24(23)35)19-10-22(29-13-21(19)27)33-25-30-11-17(12-31-25)34-7-5-28-6-8-34/h10-12,14-15,18,22,24,28H,5-9H2,1-4H3,(H,30,31,33). The lowest BCUT2D eigenvalue weighted by Crippen LogP contribution is -2.47. The molecule has 0 amide bonds. The molecule has 3 aliphatic heterocycles. The first-order valence-corrected chi connectivity index (χ1v) is 12.3. The van der Waals surface area contributed by atoms with Crippen LogP contribution in [0.5, 0.6) is 0 Å². The molecule has 1 aromatic heterocycles. The van der Waals surface area contributed by atoms with Gasteiger partial charge in [0.05, 0.1) is 29.8 Å². The molecule has 4 heterocycles. The summed E-state index contributed by atoms with van der Waals surface area (Å²) in [6, 6.07) is -0.0538. The van der Waals surface area contributed by atoms with Crippen molar-refractivity contribution in [3.05, 3.63) is 41.4 Å². The van der Waals surface area contributed by atoms with E-state index in [0.717, 1.165) is 37.7 Å². The first kappa shape index (κ1) is 23.6. The van der Waals surface area contributed by atoms with Crippen molar-refractivity contribution in [3.8, 4) is 0 Å². The molecule has 5 rings (SSSR count). The summed E-state index contributed by atoms with van der Waals surface area (Å²) in [7, 11) is 0. The van der Waals surface area contributed by atoms with Gasteiger partial charge >= 0.3 is 0 Å². The van der Waals surface area contributed by atoms with Crippen LogP contribution in [-0.4, -0.2) is 71.0 Å². The Morgan fingerprint density at radius 3 is 2.57 bits per heavy atom. The minimum atomic E-state index is -0.585.